The normalized spacial score (nSPS) is 20.7. The Morgan fingerprint density at radius 1 is 1.22 bits per heavy atom. The van der Waals surface area contributed by atoms with Crippen molar-refractivity contribution in [1.82, 2.24) is 10.2 Å². The number of ether oxygens (including phenoxy) is 1. The lowest BCUT2D eigenvalue weighted by Gasteiger charge is -2.21. The molecular weight excluding hydrogens is 348 g/mol. The van der Waals surface area contributed by atoms with Gasteiger partial charge in [0.05, 0.1) is 12.8 Å². The quantitative estimate of drug-likeness (QED) is 0.760. The van der Waals surface area contributed by atoms with E-state index in [-0.39, 0.29) is 13.2 Å². The first kappa shape index (κ1) is 19.0. The van der Waals surface area contributed by atoms with Crippen LogP contribution in [-0.4, -0.2) is 41.2 Å². The monoisotopic (exact) mass is 372 g/mol. The molecule has 2 aromatic rings. The molecule has 1 aromatic heterocycles. The maximum Gasteiger partial charge on any atom is 0.325 e. The van der Waals surface area contributed by atoms with Crippen molar-refractivity contribution in [1.29, 1.82) is 0 Å². The lowest BCUT2D eigenvalue weighted by molar-refractivity contribution is -0.132. The van der Waals surface area contributed by atoms with Gasteiger partial charge in [0, 0.05) is 0 Å². The van der Waals surface area contributed by atoms with Gasteiger partial charge < -0.3 is 19.6 Å². The number of carbonyl (C=O) groups excluding carboxylic acids is 2. The molecular formula is C20H24N2O5. The predicted octanol–water partition coefficient (Wildman–Crippen LogP) is 2.41. The highest BCUT2D eigenvalue weighted by Gasteiger charge is 2.51. The van der Waals surface area contributed by atoms with Crippen molar-refractivity contribution in [2.75, 3.05) is 13.2 Å². The predicted molar refractivity (Wildman–Crippen MR) is 98.5 cm³/mol. The third kappa shape index (κ3) is 3.42. The SMILES string of the molecule is Cc1ccc(C)c(OC[C@@H](O)CN2C(=O)N[C@](C)(c3ccco3)C2=O)c1C. The molecule has 1 aromatic carbocycles. The zero-order chi connectivity index (χ0) is 19.8. The van der Waals surface area contributed by atoms with Gasteiger partial charge in [-0.3, -0.25) is 9.69 Å². The summed E-state index contributed by atoms with van der Waals surface area (Å²) in [5.41, 5.74) is 1.78. The fourth-order valence-electron chi connectivity index (χ4n) is 3.18. The summed E-state index contributed by atoms with van der Waals surface area (Å²) in [6.07, 6.45) is 0.427. The van der Waals surface area contributed by atoms with Crippen LogP contribution in [0.5, 0.6) is 5.75 Å². The van der Waals surface area contributed by atoms with E-state index in [0.717, 1.165) is 21.6 Å². The topological polar surface area (TPSA) is 92.0 Å². The third-order valence-electron chi connectivity index (χ3n) is 4.98. The lowest BCUT2D eigenvalue weighted by Crippen LogP contribution is -2.42. The minimum atomic E-state index is -1.27. The highest BCUT2D eigenvalue weighted by atomic mass is 16.5. The Balaban J connectivity index is 1.66. The highest BCUT2D eigenvalue weighted by Crippen LogP contribution is 2.29. The van der Waals surface area contributed by atoms with E-state index in [1.54, 1.807) is 19.1 Å². The van der Waals surface area contributed by atoms with Gasteiger partial charge in [-0.15, -0.1) is 0 Å². The third-order valence-corrected chi connectivity index (χ3v) is 4.98. The van der Waals surface area contributed by atoms with Crippen molar-refractivity contribution >= 4 is 11.9 Å². The summed E-state index contributed by atoms with van der Waals surface area (Å²) in [5.74, 6) is 0.594. The summed E-state index contributed by atoms with van der Waals surface area (Å²) in [7, 11) is 0. The van der Waals surface area contributed by atoms with E-state index in [0.29, 0.717) is 11.5 Å². The number of nitrogens with zero attached hydrogens (tertiary/aromatic N) is 1. The first-order chi connectivity index (χ1) is 12.7. The Kier molecular flexibility index (Phi) is 4.97. The average molecular weight is 372 g/mol. The average Bonchev–Trinajstić information content (AvgIpc) is 3.23. The summed E-state index contributed by atoms with van der Waals surface area (Å²) in [6, 6.07) is 6.68. The Hall–Kier alpha value is -2.80. The van der Waals surface area contributed by atoms with Gasteiger partial charge in [-0.05, 0) is 56.5 Å². The van der Waals surface area contributed by atoms with Crippen LogP contribution < -0.4 is 10.1 Å². The van der Waals surface area contributed by atoms with E-state index < -0.39 is 23.6 Å². The standard InChI is InChI=1S/C20H24N2O5/c1-12-7-8-13(2)17(14(12)3)27-11-15(23)10-22-18(24)20(4,21-19(22)25)16-6-5-9-26-16/h5-9,15,23H,10-11H2,1-4H3,(H,21,25)/t15-,20+/m0/s1. The molecule has 1 fully saturated rings. The number of hydrogen-bond donors (Lipinski definition) is 2. The summed E-state index contributed by atoms with van der Waals surface area (Å²) >= 11 is 0. The minimum absolute atomic E-state index is 0.0281. The van der Waals surface area contributed by atoms with Crippen LogP contribution in [0.25, 0.3) is 0 Å². The molecule has 0 aliphatic carbocycles. The molecule has 144 valence electrons. The van der Waals surface area contributed by atoms with Crippen molar-refractivity contribution < 1.29 is 23.8 Å². The van der Waals surface area contributed by atoms with Gasteiger partial charge in [0.15, 0.2) is 5.54 Å². The second kappa shape index (κ2) is 7.08. The van der Waals surface area contributed by atoms with Gasteiger partial charge >= 0.3 is 6.03 Å². The molecule has 3 rings (SSSR count). The molecule has 1 saturated heterocycles. The Morgan fingerprint density at radius 2 is 1.93 bits per heavy atom. The van der Waals surface area contributed by atoms with Gasteiger partial charge in [0.25, 0.3) is 5.91 Å². The molecule has 0 saturated carbocycles. The van der Waals surface area contributed by atoms with Gasteiger partial charge in [-0.25, -0.2) is 4.79 Å². The van der Waals surface area contributed by atoms with Crippen molar-refractivity contribution in [3.05, 3.63) is 53.0 Å². The Morgan fingerprint density at radius 3 is 2.59 bits per heavy atom. The second-order valence-corrected chi connectivity index (χ2v) is 7.07. The molecule has 7 heteroatoms. The van der Waals surface area contributed by atoms with Gasteiger partial charge in [-0.2, -0.15) is 0 Å². The first-order valence-electron chi connectivity index (χ1n) is 8.80. The number of nitrogens with one attached hydrogen (secondary N) is 1. The number of furan rings is 1. The summed E-state index contributed by atoms with van der Waals surface area (Å²) < 4.78 is 11.1. The molecule has 7 nitrogen and oxygen atoms in total. The summed E-state index contributed by atoms with van der Waals surface area (Å²) in [4.78, 5) is 26.0. The first-order valence-corrected chi connectivity index (χ1v) is 8.80. The molecule has 0 unspecified atom stereocenters. The molecule has 0 spiro atoms. The zero-order valence-corrected chi connectivity index (χ0v) is 15.9. The minimum Gasteiger partial charge on any atom is -0.490 e. The number of imide groups is 1. The van der Waals surface area contributed by atoms with Crippen molar-refractivity contribution in [3.63, 3.8) is 0 Å². The molecule has 2 atom stereocenters. The van der Waals surface area contributed by atoms with E-state index >= 15 is 0 Å². The number of aliphatic hydroxyl groups is 1. The number of β-amino-alcohol motifs (C(OH)–C–C–N with tert-alkyl or cyclic N) is 1. The fourth-order valence-corrected chi connectivity index (χ4v) is 3.18. The Bertz CT molecular complexity index is 862. The van der Waals surface area contributed by atoms with Crippen LogP contribution in [0.2, 0.25) is 0 Å². The molecule has 27 heavy (non-hydrogen) atoms. The fraction of sp³-hybridized carbons (Fsp3) is 0.400. The van der Waals surface area contributed by atoms with Gasteiger partial charge in [-0.1, -0.05) is 12.1 Å². The van der Waals surface area contributed by atoms with E-state index in [4.69, 9.17) is 9.15 Å². The van der Waals surface area contributed by atoms with Gasteiger partial charge in [0.1, 0.15) is 24.2 Å². The van der Waals surface area contributed by atoms with Crippen molar-refractivity contribution in [2.24, 2.45) is 0 Å². The largest absolute Gasteiger partial charge is 0.490 e. The molecule has 2 heterocycles. The number of carbonyl (C=O) groups is 2. The van der Waals surface area contributed by atoms with Crippen molar-refractivity contribution in [2.45, 2.75) is 39.3 Å². The summed E-state index contributed by atoms with van der Waals surface area (Å²) in [5, 5.41) is 13.0. The molecule has 2 N–H and O–H groups in total. The molecule has 0 radical (unpaired) electrons. The van der Waals surface area contributed by atoms with Gasteiger partial charge in [0.2, 0.25) is 0 Å². The molecule has 1 aliphatic heterocycles. The number of hydrogen-bond acceptors (Lipinski definition) is 5. The van der Waals surface area contributed by atoms with Crippen molar-refractivity contribution in [3.8, 4) is 5.75 Å². The van der Waals surface area contributed by atoms with Crippen LogP contribution in [-0.2, 0) is 10.3 Å². The summed E-state index contributed by atoms with van der Waals surface area (Å²) in [6.45, 7) is 7.26. The lowest BCUT2D eigenvalue weighted by atomic mass is 9.99. The number of aryl methyl sites for hydroxylation is 2. The smallest absolute Gasteiger partial charge is 0.325 e. The van der Waals surface area contributed by atoms with E-state index in [9.17, 15) is 14.7 Å². The number of amides is 3. The van der Waals surface area contributed by atoms with E-state index in [1.807, 2.05) is 32.9 Å². The highest BCUT2D eigenvalue weighted by molar-refractivity contribution is 6.06. The second-order valence-electron chi connectivity index (χ2n) is 7.07. The maximum atomic E-state index is 12.7. The van der Waals surface area contributed by atoms with Crippen LogP contribution in [0, 0.1) is 20.8 Å². The van der Waals surface area contributed by atoms with Crippen LogP contribution >= 0.6 is 0 Å². The molecule has 3 amide bonds. The zero-order valence-electron chi connectivity index (χ0n) is 15.9. The number of aliphatic hydroxyl groups excluding tert-OH is 1. The van der Waals surface area contributed by atoms with E-state index in [1.165, 1.54) is 6.26 Å². The van der Waals surface area contributed by atoms with Crippen LogP contribution in [0.4, 0.5) is 4.79 Å². The van der Waals surface area contributed by atoms with E-state index in [2.05, 4.69) is 5.32 Å². The van der Waals surface area contributed by atoms with Crippen LogP contribution in [0.1, 0.15) is 29.4 Å². The number of benzene rings is 1. The van der Waals surface area contributed by atoms with Crippen LogP contribution in [0.15, 0.2) is 34.9 Å². The van der Waals surface area contributed by atoms with Crippen LogP contribution in [0.3, 0.4) is 0 Å². The maximum absolute atomic E-state index is 12.7. The molecule has 1 aliphatic rings. The number of rotatable bonds is 6. The Labute approximate surface area is 157 Å². The molecule has 0 bridgehead atoms. The number of urea groups is 1.